The van der Waals surface area contributed by atoms with Crippen LogP contribution in [0.15, 0.2) is 30.0 Å². The first kappa shape index (κ1) is 12.9. The Morgan fingerprint density at radius 3 is 3.00 bits per heavy atom. The number of pyridine rings is 1. The average molecular weight is 256 g/mol. The van der Waals surface area contributed by atoms with Crippen molar-refractivity contribution < 1.29 is 0 Å². The van der Waals surface area contributed by atoms with E-state index in [9.17, 15) is 0 Å². The van der Waals surface area contributed by atoms with Crippen LogP contribution in [-0.2, 0) is 6.42 Å². The molecule has 0 radical (unpaired) electrons. The summed E-state index contributed by atoms with van der Waals surface area (Å²) >= 11 is 0. The van der Waals surface area contributed by atoms with Crippen molar-refractivity contribution in [3.63, 3.8) is 0 Å². The minimum Gasteiger partial charge on any atom is -0.324 e. The zero-order valence-electron chi connectivity index (χ0n) is 12.0. The first-order chi connectivity index (χ1) is 9.05. The lowest BCUT2D eigenvalue weighted by molar-refractivity contribution is 0.291. The SMILES string of the molecule is CC1(C)CC(C2CCCc3cccnc32)=CC(N)C1. The summed E-state index contributed by atoms with van der Waals surface area (Å²) in [5.41, 5.74) is 10.8. The van der Waals surface area contributed by atoms with Crippen molar-refractivity contribution in [2.45, 2.75) is 57.9 Å². The van der Waals surface area contributed by atoms with Crippen LogP contribution in [0.5, 0.6) is 0 Å². The van der Waals surface area contributed by atoms with Crippen LogP contribution in [0.25, 0.3) is 0 Å². The van der Waals surface area contributed by atoms with E-state index in [1.807, 2.05) is 6.20 Å². The van der Waals surface area contributed by atoms with Gasteiger partial charge >= 0.3 is 0 Å². The maximum Gasteiger partial charge on any atom is 0.0506 e. The number of nitrogens with zero attached hydrogens (tertiary/aromatic N) is 1. The maximum atomic E-state index is 6.23. The number of rotatable bonds is 1. The molecule has 2 atom stereocenters. The van der Waals surface area contributed by atoms with Crippen LogP contribution < -0.4 is 5.73 Å². The van der Waals surface area contributed by atoms with Crippen LogP contribution in [0.4, 0.5) is 0 Å². The highest BCUT2D eigenvalue weighted by molar-refractivity contribution is 5.35. The number of nitrogens with two attached hydrogens (primary N) is 1. The molecule has 0 saturated heterocycles. The Bertz CT molecular complexity index is 502. The Kier molecular flexibility index (Phi) is 3.22. The molecule has 2 N–H and O–H groups in total. The standard InChI is InChI=1S/C17H24N2/c1-17(2)10-13(9-14(18)11-17)15-7-3-5-12-6-4-8-19-16(12)15/h4,6,8-9,14-15H,3,5,7,10-11,18H2,1-2H3. The Hall–Kier alpha value is -1.15. The fourth-order valence-electron chi connectivity index (χ4n) is 3.87. The number of hydrogen-bond donors (Lipinski definition) is 1. The molecule has 102 valence electrons. The van der Waals surface area contributed by atoms with Gasteiger partial charge in [-0.2, -0.15) is 0 Å². The Balaban J connectivity index is 1.95. The summed E-state index contributed by atoms with van der Waals surface area (Å²) in [6.45, 7) is 4.67. The lowest BCUT2D eigenvalue weighted by Gasteiger charge is -2.37. The van der Waals surface area contributed by atoms with Gasteiger partial charge in [0.25, 0.3) is 0 Å². The average Bonchev–Trinajstić information content (AvgIpc) is 2.35. The van der Waals surface area contributed by atoms with E-state index in [2.05, 4.69) is 37.0 Å². The van der Waals surface area contributed by atoms with Crippen LogP contribution in [0.2, 0.25) is 0 Å². The lowest BCUT2D eigenvalue weighted by atomic mass is 9.69. The molecular formula is C17H24N2. The van der Waals surface area contributed by atoms with Crippen LogP contribution >= 0.6 is 0 Å². The molecule has 2 unspecified atom stereocenters. The minimum absolute atomic E-state index is 0.216. The molecule has 0 aliphatic heterocycles. The highest BCUT2D eigenvalue weighted by atomic mass is 14.7. The molecule has 1 aromatic heterocycles. The van der Waals surface area contributed by atoms with E-state index in [0.29, 0.717) is 11.3 Å². The van der Waals surface area contributed by atoms with E-state index in [0.717, 1.165) is 6.42 Å². The van der Waals surface area contributed by atoms with Gasteiger partial charge in [0.2, 0.25) is 0 Å². The second kappa shape index (κ2) is 4.75. The lowest BCUT2D eigenvalue weighted by Crippen LogP contribution is -2.32. The number of aryl methyl sites for hydroxylation is 1. The van der Waals surface area contributed by atoms with Crippen molar-refractivity contribution in [1.82, 2.24) is 4.98 Å². The molecule has 0 bridgehead atoms. The van der Waals surface area contributed by atoms with Crippen LogP contribution in [0, 0.1) is 5.41 Å². The quantitative estimate of drug-likeness (QED) is 0.780. The molecule has 0 amide bonds. The van der Waals surface area contributed by atoms with Gasteiger partial charge in [-0.15, -0.1) is 0 Å². The molecule has 19 heavy (non-hydrogen) atoms. The summed E-state index contributed by atoms with van der Waals surface area (Å²) in [6.07, 6.45) is 10.2. The largest absolute Gasteiger partial charge is 0.324 e. The number of aromatic nitrogens is 1. The predicted molar refractivity (Wildman–Crippen MR) is 79.0 cm³/mol. The molecule has 2 nitrogen and oxygen atoms in total. The topological polar surface area (TPSA) is 38.9 Å². The third-order valence-corrected chi connectivity index (χ3v) is 4.54. The molecule has 0 saturated carbocycles. The zero-order chi connectivity index (χ0) is 13.5. The molecule has 2 aliphatic carbocycles. The van der Waals surface area contributed by atoms with Gasteiger partial charge in [-0.1, -0.05) is 31.6 Å². The third-order valence-electron chi connectivity index (χ3n) is 4.54. The molecule has 1 heterocycles. The summed E-state index contributed by atoms with van der Waals surface area (Å²) in [7, 11) is 0. The summed E-state index contributed by atoms with van der Waals surface area (Å²) in [6, 6.07) is 4.52. The molecule has 0 spiro atoms. The van der Waals surface area contributed by atoms with Crippen LogP contribution in [-0.4, -0.2) is 11.0 Å². The van der Waals surface area contributed by atoms with Crippen molar-refractivity contribution in [2.24, 2.45) is 11.1 Å². The monoisotopic (exact) mass is 256 g/mol. The first-order valence-electron chi connectivity index (χ1n) is 7.45. The van der Waals surface area contributed by atoms with Gasteiger partial charge in [0.05, 0.1) is 5.69 Å². The van der Waals surface area contributed by atoms with Crippen molar-refractivity contribution in [3.05, 3.63) is 41.2 Å². The van der Waals surface area contributed by atoms with Gasteiger partial charge < -0.3 is 5.73 Å². The second-order valence-corrected chi connectivity index (χ2v) is 6.94. The van der Waals surface area contributed by atoms with Gasteiger partial charge in [-0.25, -0.2) is 0 Å². The molecule has 0 aromatic carbocycles. The maximum absolute atomic E-state index is 6.23. The second-order valence-electron chi connectivity index (χ2n) is 6.94. The fraction of sp³-hybridized carbons (Fsp3) is 0.588. The van der Waals surface area contributed by atoms with E-state index in [1.54, 1.807) is 0 Å². The van der Waals surface area contributed by atoms with Gasteiger partial charge in [-0.05, 0) is 49.1 Å². The summed E-state index contributed by atoms with van der Waals surface area (Å²) in [4.78, 5) is 4.67. The third kappa shape index (κ3) is 2.59. The Morgan fingerprint density at radius 1 is 1.37 bits per heavy atom. The molecule has 2 aliphatic rings. The van der Waals surface area contributed by atoms with Crippen molar-refractivity contribution >= 4 is 0 Å². The highest BCUT2D eigenvalue weighted by Gasteiger charge is 2.33. The fourth-order valence-corrected chi connectivity index (χ4v) is 3.87. The van der Waals surface area contributed by atoms with E-state index in [4.69, 9.17) is 5.73 Å². The molecule has 3 rings (SSSR count). The van der Waals surface area contributed by atoms with Gasteiger partial charge in [-0.3, -0.25) is 4.98 Å². The predicted octanol–water partition coefficient (Wildman–Crippen LogP) is 3.58. The minimum atomic E-state index is 0.216. The van der Waals surface area contributed by atoms with E-state index >= 15 is 0 Å². The highest BCUT2D eigenvalue weighted by Crippen LogP contribution is 2.44. The van der Waals surface area contributed by atoms with Crippen LogP contribution in [0.1, 0.15) is 56.7 Å². The Morgan fingerprint density at radius 2 is 2.21 bits per heavy atom. The van der Waals surface area contributed by atoms with Crippen molar-refractivity contribution in [1.29, 1.82) is 0 Å². The van der Waals surface area contributed by atoms with E-state index in [-0.39, 0.29) is 6.04 Å². The molecular weight excluding hydrogens is 232 g/mol. The van der Waals surface area contributed by atoms with E-state index in [1.165, 1.54) is 42.5 Å². The van der Waals surface area contributed by atoms with E-state index < -0.39 is 0 Å². The van der Waals surface area contributed by atoms with Gasteiger partial charge in [0.15, 0.2) is 0 Å². The van der Waals surface area contributed by atoms with Crippen LogP contribution in [0.3, 0.4) is 0 Å². The first-order valence-corrected chi connectivity index (χ1v) is 7.45. The van der Waals surface area contributed by atoms with Gasteiger partial charge in [0, 0.05) is 18.2 Å². The van der Waals surface area contributed by atoms with Gasteiger partial charge in [0.1, 0.15) is 0 Å². The molecule has 2 heteroatoms. The summed E-state index contributed by atoms with van der Waals surface area (Å²) in [5, 5.41) is 0. The summed E-state index contributed by atoms with van der Waals surface area (Å²) < 4.78 is 0. The number of hydrogen-bond acceptors (Lipinski definition) is 2. The normalized spacial score (nSPS) is 29.5. The Labute approximate surface area is 116 Å². The number of allylic oxidation sites excluding steroid dienone is 1. The van der Waals surface area contributed by atoms with Crippen molar-refractivity contribution in [3.8, 4) is 0 Å². The molecule has 0 fully saturated rings. The van der Waals surface area contributed by atoms with Crippen molar-refractivity contribution in [2.75, 3.05) is 0 Å². The molecule has 1 aromatic rings. The zero-order valence-corrected chi connectivity index (χ0v) is 12.0. The summed E-state index contributed by atoms with van der Waals surface area (Å²) in [5.74, 6) is 0.510. The number of fused-ring (bicyclic) bond motifs is 1. The smallest absolute Gasteiger partial charge is 0.0506 e.